The molecule has 1 aromatic heterocycles. The Labute approximate surface area is 575 Å². The minimum Gasteiger partial charge on any atom is -0.508 e. The van der Waals surface area contributed by atoms with Crippen molar-refractivity contribution >= 4 is 113 Å². The number of nitrogens with zero attached hydrogens (tertiary/aromatic N) is 1. The van der Waals surface area contributed by atoms with E-state index in [0.717, 1.165) is 0 Å². The molecule has 0 saturated carbocycles. The van der Waals surface area contributed by atoms with Gasteiger partial charge in [-0.1, -0.05) is 86.6 Å². The Kier molecular flexibility index (Phi) is 31.1. The smallest absolute Gasteiger partial charge is 0.245 e. The molecular weight excluding hydrogens is 1310 g/mol. The van der Waals surface area contributed by atoms with Crippen molar-refractivity contribution in [3.8, 4) is 11.5 Å². The molecule has 22 N–H and O–H groups in total. The van der Waals surface area contributed by atoms with E-state index in [1.807, 2.05) is 0 Å². The number of nitrogens with two attached hydrogens (primary N) is 4. The number of primary amides is 2. The van der Waals surface area contributed by atoms with Crippen molar-refractivity contribution < 1.29 is 72.9 Å². The number of aliphatic imine (C=N–C) groups is 1. The molecule has 4 aromatic carbocycles. The lowest BCUT2D eigenvalue weighted by atomic mass is 10.0. The molecule has 0 radical (unpaired) electrons. The van der Waals surface area contributed by atoms with Gasteiger partial charge in [-0.2, -0.15) is 25.3 Å². The van der Waals surface area contributed by atoms with E-state index < -0.39 is 144 Å². The van der Waals surface area contributed by atoms with Crippen molar-refractivity contribution in [2.45, 2.75) is 133 Å². The fourth-order valence-electron chi connectivity index (χ4n) is 10.1. The molecule has 0 bridgehead atoms. The van der Waals surface area contributed by atoms with E-state index in [1.165, 1.54) is 55.5 Å². The number of phenols is 2. The van der Waals surface area contributed by atoms with E-state index in [-0.39, 0.29) is 86.4 Å². The van der Waals surface area contributed by atoms with Gasteiger partial charge in [-0.05, 0) is 77.8 Å². The third-order valence-electron chi connectivity index (χ3n) is 15.2. The predicted molar refractivity (Wildman–Crippen MR) is 368 cm³/mol. The van der Waals surface area contributed by atoms with Gasteiger partial charge in [0.05, 0.1) is 13.0 Å². The Bertz CT molecular complexity index is 3620. The first-order valence-corrected chi connectivity index (χ1v) is 32.4. The van der Waals surface area contributed by atoms with Crippen LogP contribution >= 0.6 is 25.3 Å². The first-order chi connectivity index (χ1) is 46.6. The quantitative estimate of drug-likeness (QED) is 0.00808. The third kappa shape index (κ3) is 25.6. The Morgan fingerprint density at radius 3 is 1.37 bits per heavy atom. The van der Waals surface area contributed by atoms with Crippen LogP contribution in [0.1, 0.15) is 68.7 Å². The van der Waals surface area contributed by atoms with Crippen LogP contribution in [0.25, 0.3) is 10.9 Å². The van der Waals surface area contributed by atoms with E-state index in [1.54, 1.807) is 74.6 Å². The topological polar surface area (TPSA) is 518 Å². The summed E-state index contributed by atoms with van der Waals surface area (Å²) >= 11 is 8.61. The minimum atomic E-state index is -1.91. The number of aromatic amines is 1. The molecule has 31 nitrogen and oxygen atoms in total. The maximum absolute atomic E-state index is 14.5. The molecule has 1 heterocycles. The first kappa shape index (κ1) is 78.3. The van der Waals surface area contributed by atoms with E-state index in [0.29, 0.717) is 33.2 Å². The highest BCUT2D eigenvalue weighted by Crippen LogP contribution is 2.21. The molecule has 0 saturated heterocycles. The number of nitrogens with one attached hydrogen (secondary N) is 11. The van der Waals surface area contributed by atoms with Crippen molar-refractivity contribution in [1.82, 2.24) is 58.2 Å². The minimum absolute atomic E-state index is 0.00265. The van der Waals surface area contributed by atoms with Crippen molar-refractivity contribution in [3.63, 3.8) is 0 Å². The second-order valence-corrected chi connectivity index (χ2v) is 24.2. The zero-order chi connectivity index (χ0) is 72.2. The van der Waals surface area contributed by atoms with Gasteiger partial charge in [0.15, 0.2) is 5.96 Å². The number of phenolic OH excluding ortho intramolecular Hbond substituents is 2. The maximum atomic E-state index is 14.5. The van der Waals surface area contributed by atoms with Crippen molar-refractivity contribution in [2.24, 2.45) is 33.8 Å². The second-order valence-electron chi connectivity index (χ2n) is 23.5. The zero-order valence-corrected chi connectivity index (χ0v) is 55.9. The number of guanidine groups is 1. The van der Waals surface area contributed by atoms with Crippen LogP contribution in [0.2, 0.25) is 0 Å². The van der Waals surface area contributed by atoms with E-state index >= 15 is 0 Å². The van der Waals surface area contributed by atoms with E-state index in [4.69, 9.17) is 22.9 Å². The molecule has 0 fully saturated rings. The monoisotopic (exact) mass is 1390 g/mol. The highest BCUT2D eigenvalue weighted by molar-refractivity contribution is 7.80. The predicted octanol–water partition coefficient (Wildman–Crippen LogP) is -2.97. The third-order valence-corrected chi connectivity index (χ3v) is 15.9. The van der Waals surface area contributed by atoms with E-state index in [2.05, 4.69) is 88.4 Å². The number of rotatable bonds is 39. The van der Waals surface area contributed by atoms with Crippen molar-refractivity contribution in [3.05, 3.63) is 132 Å². The summed E-state index contributed by atoms with van der Waals surface area (Å²) in [6, 6.07) is 11.8. The largest absolute Gasteiger partial charge is 0.508 e. The molecule has 0 aliphatic heterocycles. The molecule has 12 amide bonds. The standard InChI is InChI=1S/C65H86N16O15S2/c1-34(2)24-46(57(89)73-44(14-9-23-70-65(68)69)56(88)74-45(55(67)87)25-37-15-19-40(84)20-16-37)75-63(95)52(32-97)81-59(91)48(26-36-10-5-4-6-11-36)76-62(94)51(31-82)79-61(93)50(29-54(66)86)78-60(92)49(28-39-30-71-43-13-8-7-12-42(39)43)77-64(96)53(33-98)80-58(90)47(72-35(3)83)27-38-17-21-41(85)22-18-38/h4-8,10-13,15-22,30,34,44-53,71,82,84-85,97-98H,9,14,23-29,31-33H2,1-3H3,(H2,66,86)(H2,67,87)(H,72,83)(H,73,89)(H,74,88)(H,75,95)(H,76,94)(H,77,96)(H,78,92)(H,79,93)(H,80,90)(H,81,91)(H4,68,69,70)/t44-,45-,46-,47-,48-,49-,50-,51-,52-,53+/m0/s1. The fraction of sp³-hybridized carbons (Fsp3) is 0.400. The lowest BCUT2D eigenvalue weighted by Gasteiger charge is -2.28. The molecule has 0 unspecified atom stereocenters. The lowest BCUT2D eigenvalue weighted by Crippen LogP contribution is -2.62. The Balaban J connectivity index is 1.34. The summed E-state index contributed by atoms with van der Waals surface area (Å²) in [6.45, 7) is 3.61. The number of fused-ring (bicyclic) bond motifs is 1. The van der Waals surface area contributed by atoms with Gasteiger partial charge in [-0.25, -0.2) is 0 Å². The SMILES string of the molecule is CC(=O)N[C@@H](Cc1ccc(O)cc1)C(=O)N[C@H](CS)C(=O)N[C@@H](Cc1c[nH]c2ccccc12)C(=O)N[C@@H](CC(N)=O)C(=O)N[C@@H](CO)C(=O)N[C@@H](Cc1ccccc1)C(=O)N[C@@H](CS)C(=O)N[C@@H](CC(C)C)C(=O)N[C@@H](CCCN=C(N)N)C(=O)N[C@@H](Cc1ccc(O)cc1)C(N)=O. The number of amides is 12. The number of benzene rings is 4. The Hall–Kier alpha value is -10.4. The number of thiol groups is 2. The number of hydrogen-bond acceptors (Lipinski definition) is 18. The molecular formula is C65H86N16O15S2. The number of H-pyrrole nitrogens is 1. The van der Waals surface area contributed by atoms with E-state index in [9.17, 15) is 72.9 Å². The van der Waals surface area contributed by atoms with Gasteiger partial charge in [-0.15, -0.1) is 0 Å². The summed E-state index contributed by atoms with van der Waals surface area (Å²) in [4.78, 5) is 172. The number of para-hydroxylation sites is 1. The highest BCUT2D eigenvalue weighted by atomic mass is 32.1. The number of aliphatic hydroxyl groups excluding tert-OH is 1. The van der Waals surface area contributed by atoms with Gasteiger partial charge in [0.1, 0.15) is 71.9 Å². The molecule has 98 heavy (non-hydrogen) atoms. The number of carbonyl (C=O) groups excluding carboxylic acids is 12. The molecule has 528 valence electrons. The second kappa shape index (κ2) is 39.0. The lowest BCUT2D eigenvalue weighted by molar-refractivity contribution is -0.137. The van der Waals surface area contributed by atoms with Gasteiger partial charge >= 0.3 is 0 Å². The highest BCUT2D eigenvalue weighted by Gasteiger charge is 2.37. The molecule has 0 spiro atoms. The van der Waals surface area contributed by atoms with Crippen molar-refractivity contribution in [1.29, 1.82) is 0 Å². The average Bonchev–Trinajstić information content (AvgIpc) is 1.63. The molecule has 0 aliphatic carbocycles. The van der Waals surface area contributed by atoms with Crippen LogP contribution < -0.4 is 76.1 Å². The fourth-order valence-corrected chi connectivity index (χ4v) is 10.6. The number of aromatic hydroxyl groups is 2. The van der Waals surface area contributed by atoms with Gasteiger partial charge in [0.25, 0.3) is 0 Å². The molecule has 0 aliphatic rings. The van der Waals surface area contributed by atoms with Crippen molar-refractivity contribution in [2.75, 3.05) is 24.7 Å². The van der Waals surface area contributed by atoms with Crippen LogP contribution in [0.3, 0.4) is 0 Å². The molecule has 5 aromatic rings. The van der Waals surface area contributed by atoms with Crippen LogP contribution in [-0.2, 0) is 83.2 Å². The van der Waals surface area contributed by atoms with Crippen LogP contribution in [-0.4, -0.2) is 182 Å². The normalized spacial score (nSPS) is 14.1. The van der Waals surface area contributed by atoms with Gasteiger partial charge in [0.2, 0.25) is 70.9 Å². The summed E-state index contributed by atoms with van der Waals surface area (Å²) in [5.41, 5.74) is 25.0. The number of hydrogen-bond donors (Lipinski definition) is 20. The average molecular weight is 1400 g/mol. The summed E-state index contributed by atoms with van der Waals surface area (Å²) < 4.78 is 0. The zero-order valence-electron chi connectivity index (χ0n) is 54.1. The first-order valence-electron chi connectivity index (χ1n) is 31.2. The summed E-state index contributed by atoms with van der Waals surface area (Å²) in [5.74, 6) is -12.6. The van der Waals surface area contributed by atoms with Gasteiger partial charge in [-0.3, -0.25) is 62.5 Å². The van der Waals surface area contributed by atoms with Crippen LogP contribution in [0.4, 0.5) is 0 Å². The number of carbonyl (C=O) groups is 12. The molecule has 10 atom stereocenters. The van der Waals surface area contributed by atoms with Crippen LogP contribution in [0.5, 0.6) is 11.5 Å². The summed E-state index contributed by atoms with van der Waals surface area (Å²) in [7, 11) is 0. The summed E-state index contributed by atoms with van der Waals surface area (Å²) in [6.07, 6.45) is 0.133. The number of aromatic nitrogens is 1. The number of aliphatic hydroxyl groups is 1. The summed E-state index contributed by atoms with van der Waals surface area (Å²) in [5, 5.41) is 56.0. The Morgan fingerprint density at radius 2 is 0.867 bits per heavy atom. The van der Waals surface area contributed by atoms with Gasteiger partial charge < -0.3 is 96.4 Å². The molecule has 33 heteroatoms. The van der Waals surface area contributed by atoms with Gasteiger partial charge in [0, 0.05) is 67.8 Å². The Morgan fingerprint density at radius 1 is 0.469 bits per heavy atom. The maximum Gasteiger partial charge on any atom is 0.245 e. The van der Waals surface area contributed by atoms with Crippen LogP contribution in [0, 0.1) is 5.92 Å². The molecule has 5 rings (SSSR count). The van der Waals surface area contributed by atoms with Crippen LogP contribution in [0.15, 0.2) is 114 Å².